The zero-order valence-electron chi connectivity index (χ0n) is 10.8. The largest absolute Gasteiger partial charge is 0.507 e. The molecule has 0 radical (unpaired) electrons. The number of hydrogen-bond acceptors (Lipinski definition) is 5. The Morgan fingerprint density at radius 1 is 1.38 bits per heavy atom. The first-order valence-electron chi connectivity index (χ1n) is 6.36. The minimum Gasteiger partial charge on any atom is -0.354 e. The molecule has 21 heavy (non-hydrogen) atoms. The zero-order valence-corrected chi connectivity index (χ0v) is 10.8. The molecule has 3 rings (SSSR count). The summed E-state index contributed by atoms with van der Waals surface area (Å²) in [5, 5.41) is 8.98. The maximum absolute atomic E-state index is 12.7. The van der Waals surface area contributed by atoms with Crippen LogP contribution in [0.15, 0.2) is 29.5 Å². The first-order chi connectivity index (χ1) is 9.97. The fourth-order valence-electron chi connectivity index (χ4n) is 2.45. The number of piperidine rings is 1. The number of aromatic nitrogens is 1. The fourth-order valence-corrected chi connectivity index (χ4v) is 2.45. The molecule has 2 N–H and O–H groups in total. The molecule has 0 spiro atoms. The van der Waals surface area contributed by atoms with Crippen LogP contribution in [-0.2, 0) is 4.79 Å². The van der Waals surface area contributed by atoms with Gasteiger partial charge >= 0.3 is 6.30 Å². The molecule has 112 valence electrons. The van der Waals surface area contributed by atoms with Crippen molar-refractivity contribution < 1.29 is 18.0 Å². The second-order valence-corrected chi connectivity index (χ2v) is 4.73. The van der Waals surface area contributed by atoms with E-state index in [4.69, 9.17) is 0 Å². The van der Waals surface area contributed by atoms with Crippen LogP contribution in [0.5, 0.6) is 0 Å². The van der Waals surface area contributed by atoms with E-state index < -0.39 is 24.3 Å². The Morgan fingerprint density at radius 2 is 2.19 bits per heavy atom. The molecular formula is C12H12F3N5O. The Balaban J connectivity index is 1.82. The van der Waals surface area contributed by atoms with Crippen molar-refractivity contribution >= 4 is 17.4 Å². The molecule has 0 aliphatic carbocycles. The number of fused-ring (bicyclic) bond motifs is 1. The van der Waals surface area contributed by atoms with Crippen molar-refractivity contribution in [3.8, 4) is 0 Å². The number of hydrogen-bond donors (Lipinski definition) is 2. The van der Waals surface area contributed by atoms with Crippen molar-refractivity contribution in [2.75, 3.05) is 11.9 Å². The van der Waals surface area contributed by atoms with Gasteiger partial charge in [-0.15, -0.1) is 18.2 Å². The van der Waals surface area contributed by atoms with Crippen LogP contribution >= 0.6 is 0 Å². The molecule has 0 aromatic carbocycles. The maximum Gasteiger partial charge on any atom is 0.507 e. The summed E-state index contributed by atoms with van der Waals surface area (Å²) in [7, 11) is 0. The van der Waals surface area contributed by atoms with E-state index >= 15 is 0 Å². The SMILES string of the molecule is O=C1C2C(=NN1C(F)(F)F)CCNC2Nc1ccccn1. The summed E-state index contributed by atoms with van der Waals surface area (Å²) in [6, 6.07) is 5.14. The summed E-state index contributed by atoms with van der Waals surface area (Å²) in [4.78, 5) is 16.0. The van der Waals surface area contributed by atoms with Crippen LogP contribution in [0.3, 0.4) is 0 Å². The minimum atomic E-state index is -4.79. The molecule has 2 unspecified atom stereocenters. The predicted octanol–water partition coefficient (Wildman–Crippen LogP) is 1.15. The third kappa shape index (κ3) is 2.56. The van der Waals surface area contributed by atoms with Crippen LogP contribution in [0.25, 0.3) is 0 Å². The number of rotatable bonds is 2. The summed E-state index contributed by atoms with van der Waals surface area (Å²) >= 11 is 0. The van der Waals surface area contributed by atoms with Crippen molar-refractivity contribution in [3.05, 3.63) is 24.4 Å². The highest BCUT2D eigenvalue weighted by Crippen LogP contribution is 2.32. The highest BCUT2D eigenvalue weighted by Gasteiger charge is 2.52. The first-order valence-corrected chi connectivity index (χ1v) is 6.36. The number of pyridine rings is 1. The monoisotopic (exact) mass is 299 g/mol. The highest BCUT2D eigenvalue weighted by molar-refractivity contribution is 6.09. The molecule has 2 aliphatic heterocycles. The average molecular weight is 299 g/mol. The van der Waals surface area contributed by atoms with Gasteiger partial charge in [0.2, 0.25) is 0 Å². The van der Waals surface area contributed by atoms with Crippen LogP contribution in [0.2, 0.25) is 0 Å². The van der Waals surface area contributed by atoms with Crippen LogP contribution in [0.4, 0.5) is 19.0 Å². The number of nitrogens with one attached hydrogen (secondary N) is 2. The Morgan fingerprint density at radius 3 is 2.86 bits per heavy atom. The molecule has 3 heterocycles. The lowest BCUT2D eigenvalue weighted by molar-refractivity contribution is -0.239. The van der Waals surface area contributed by atoms with Gasteiger partial charge in [0.15, 0.2) is 0 Å². The Kier molecular flexibility index (Phi) is 3.28. The molecule has 2 aliphatic rings. The molecular weight excluding hydrogens is 287 g/mol. The Bertz CT molecular complexity index is 574. The van der Waals surface area contributed by atoms with Gasteiger partial charge in [0.25, 0.3) is 5.91 Å². The van der Waals surface area contributed by atoms with E-state index in [9.17, 15) is 18.0 Å². The molecule has 1 amide bonds. The number of anilines is 1. The standard InChI is InChI=1S/C12H12F3N5O/c13-12(14,15)20-11(21)9-7(19-20)4-6-17-10(9)18-8-3-1-2-5-16-8/h1-3,5,9-10,17H,4,6H2,(H,16,18). The summed E-state index contributed by atoms with van der Waals surface area (Å²) in [5.74, 6) is -1.56. The second kappa shape index (κ2) is 4.99. The molecule has 0 saturated carbocycles. The van der Waals surface area contributed by atoms with E-state index in [1.807, 2.05) is 0 Å². The van der Waals surface area contributed by atoms with E-state index in [-0.39, 0.29) is 10.7 Å². The van der Waals surface area contributed by atoms with Gasteiger partial charge in [0, 0.05) is 19.2 Å². The van der Waals surface area contributed by atoms with Crippen LogP contribution < -0.4 is 10.6 Å². The molecule has 1 aromatic heterocycles. The van der Waals surface area contributed by atoms with E-state index in [1.54, 1.807) is 24.4 Å². The molecule has 9 heteroatoms. The van der Waals surface area contributed by atoms with Crippen molar-refractivity contribution in [3.63, 3.8) is 0 Å². The zero-order chi connectivity index (χ0) is 15.0. The van der Waals surface area contributed by atoms with E-state index in [2.05, 4.69) is 20.7 Å². The third-order valence-electron chi connectivity index (χ3n) is 3.35. The lowest BCUT2D eigenvalue weighted by Crippen LogP contribution is -2.54. The van der Waals surface area contributed by atoms with Gasteiger partial charge in [-0.05, 0) is 12.1 Å². The normalized spacial score (nSPS) is 25.6. The highest BCUT2D eigenvalue weighted by atomic mass is 19.4. The lowest BCUT2D eigenvalue weighted by Gasteiger charge is -2.30. The van der Waals surface area contributed by atoms with Gasteiger partial charge in [0.05, 0.1) is 11.9 Å². The van der Waals surface area contributed by atoms with Gasteiger partial charge < -0.3 is 5.32 Å². The Hall–Kier alpha value is -2.16. The quantitative estimate of drug-likeness (QED) is 0.804. The van der Waals surface area contributed by atoms with Gasteiger partial charge in [-0.3, -0.25) is 10.1 Å². The number of halogens is 3. The number of carbonyl (C=O) groups excluding carboxylic acids is 1. The molecule has 1 fully saturated rings. The molecule has 0 bridgehead atoms. The summed E-state index contributed by atoms with van der Waals surface area (Å²) in [5.41, 5.74) is 0.240. The maximum atomic E-state index is 12.7. The second-order valence-electron chi connectivity index (χ2n) is 4.73. The first kappa shape index (κ1) is 13.8. The predicted molar refractivity (Wildman–Crippen MR) is 68.1 cm³/mol. The summed E-state index contributed by atoms with van der Waals surface area (Å²) in [6.45, 7) is 0.443. The molecule has 2 atom stereocenters. The summed E-state index contributed by atoms with van der Waals surface area (Å²) < 4.78 is 38.2. The summed E-state index contributed by atoms with van der Waals surface area (Å²) in [6.07, 6.45) is -3.59. The molecule has 1 aromatic rings. The van der Waals surface area contributed by atoms with Crippen molar-refractivity contribution in [2.24, 2.45) is 11.0 Å². The number of amides is 1. The topological polar surface area (TPSA) is 69.6 Å². The van der Waals surface area contributed by atoms with Crippen LogP contribution in [0, 0.1) is 5.92 Å². The minimum absolute atomic E-state index is 0.240. The van der Waals surface area contributed by atoms with Crippen molar-refractivity contribution in [2.45, 2.75) is 18.9 Å². The molecule has 1 saturated heterocycles. The van der Waals surface area contributed by atoms with Gasteiger partial charge in [-0.2, -0.15) is 5.10 Å². The fraction of sp³-hybridized carbons (Fsp3) is 0.417. The number of alkyl halides is 3. The van der Waals surface area contributed by atoms with E-state index in [0.717, 1.165) is 0 Å². The third-order valence-corrected chi connectivity index (χ3v) is 3.35. The van der Waals surface area contributed by atoms with Crippen molar-refractivity contribution in [1.82, 2.24) is 15.3 Å². The van der Waals surface area contributed by atoms with Gasteiger partial charge in [0.1, 0.15) is 11.7 Å². The number of nitrogens with zero attached hydrogens (tertiary/aromatic N) is 3. The van der Waals surface area contributed by atoms with Crippen molar-refractivity contribution in [1.29, 1.82) is 0 Å². The van der Waals surface area contributed by atoms with E-state index in [1.165, 1.54) is 0 Å². The Labute approximate surface area is 118 Å². The van der Waals surface area contributed by atoms with E-state index in [0.29, 0.717) is 18.8 Å². The van der Waals surface area contributed by atoms with Gasteiger partial charge in [-0.25, -0.2) is 4.98 Å². The van der Waals surface area contributed by atoms with Gasteiger partial charge in [-0.1, -0.05) is 6.07 Å². The van der Waals surface area contributed by atoms with Crippen LogP contribution in [0.1, 0.15) is 6.42 Å². The number of carbonyl (C=O) groups is 1. The number of hydrazone groups is 1. The van der Waals surface area contributed by atoms with Crippen LogP contribution in [-0.4, -0.2) is 40.6 Å². The average Bonchev–Trinajstić information content (AvgIpc) is 2.78. The molecule has 6 nitrogen and oxygen atoms in total. The smallest absolute Gasteiger partial charge is 0.354 e. The lowest BCUT2D eigenvalue weighted by atomic mass is 9.93.